The minimum atomic E-state index is -3.75. The van der Waals surface area contributed by atoms with Gasteiger partial charge < -0.3 is 14.7 Å². The third-order valence-corrected chi connectivity index (χ3v) is 11.6. The van der Waals surface area contributed by atoms with Gasteiger partial charge in [0.1, 0.15) is 0 Å². The molecule has 10 nitrogen and oxygen atoms in total. The molecular formula is C32H41N7O3S. The van der Waals surface area contributed by atoms with Gasteiger partial charge in [0.25, 0.3) is 0 Å². The maximum atomic E-state index is 13.3. The molecular weight excluding hydrogens is 562 g/mol. The summed E-state index contributed by atoms with van der Waals surface area (Å²) in [6, 6.07) is 8.56. The molecule has 1 saturated carbocycles. The van der Waals surface area contributed by atoms with E-state index in [0.29, 0.717) is 17.5 Å². The van der Waals surface area contributed by atoms with E-state index in [0.717, 1.165) is 78.5 Å². The van der Waals surface area contributed by atoms with Gasteiger partial charge in [-0.3, -0.25) is 14.5 Å². The van der Waals surface area contributed by atoms with Gasteiger partial charge in [0.15, 0.2) is 5.82 Å². The average molecular weight is 604 g/mol. The second-order valence-electron chi connectivity index (χ2n) is 12.8. The van der Waals surface area contributed by atoms with E-state index >= 15 is 0 Å². The first-order chi connectivity index (χ1) is 20.7. The molecule has 228 valence electrons. The molecule has 1 aliphatic carbocycles. The molecule has 0 radical (unpaired) electrons. The number of anilines is 3. The Morgan fingerprint density at radius 2 is 1.67 bits per heavy atom. The van der Waals surface area contributed by atoms with Crippen LogP contribution in [-0.2, 0) is 20.4 Å². The standard InChI is InChI=1S/C32H41N7O3S/c1-36(2)43(41,42)35-27-19-23(20-34-30(27)39-16-10-24(11-17-39)38-14-5-4-6-15-38)22-8-9-26-25(18-22)29-28(21-33-26)37(3)31(40)32(29)12-7-13-32/h8-9,18-21,24,35H,4-7,10-17H2,1-3H3. The third kappa shape index (κ3) is 4.76. The van der Waals surface area contributed by atoms with Crippen LogP contribution in [-0.4, -0.2) is 86.9 Å². The highest BCUT2D eigenvalue weighted by Crippen LogP contribution is 2.55. The van der Waals surface area contributed by atoms with Crippen molar-refractivity contribution in [2.75, 3.05) is 61.8 Å². The van der Waals surface area contributed by atoms with Crippen molar-refractivity contribution in [3.8, 4) is 11.1 Å². The van der Waals surface area contributed by atoms with Gasteiger partial charge in [0.2, 0.25) is 5.91 Å². The molecule has 1 spiro atoms. The van der Waals surface area contributed by atoms with Crippen LogP contribution in [0.3, 0.4) is 0 Å². The van der Waals surface area contributed by atoms with Gasteiger partial charge in [-0.05, 0) is 75.4 Å². The number of aromatic nitrogens is 2. The van der Waals surface area contributed by atoms with E-state index in [-0.39, 0.29) is 5.91 Å². The molecule has 0 unspecified atom stereocenters. The second kappa shape index (κ2) is 10.7. The number of rotatable bonds is 6. The maximum absolute atomic E-state index is 13.3. The van der Waals surface area contributed by atoms with Crippen LogP contribution in [0.5, 0.6) is 0 Å². The zero-order valence-corrected chi connectivity index (χ0v) is 26.2. The van der Waals surface area contributed by atoms with E-state index in [1.807, 2.05) is 37.6 Å². The van der Waals surface area contributed by atoms with E-state index in [9.17, 15) is 13.2 Å². The minimum Gasteiger partial charge on any atom is -0.355 e. The molecule has 0 atom stereocenters. The highest BCUT2D eigenvalue weighted by molar-refractivity contribution is 7.90. The van der Waals surface area contributed by atoms with Crippen molar-refractivity contribution in [1.29, 1.82) is 0 Å². The fraction of sp³-hybridized carbons (Fsp3) is 0.531. The highest BCUT2D eigenvalue weighted by Gasteiger charge is 2.54. The van der Waals surface area contributed by atoms with Crippen molar-refractivity contribution < 1.29 is 13.2 Å². The summed E-state index contributed by atoms with van der Waals surface area (Å²) in [6.45, 7) is 4.03. The molecule has 2 saturated heterocycles. The summed E-state index contributed by atoms with van der Waals surface area (Å²) in [5.41, 5.74) is 4.55. The van der Waals surface area contributed by atoms with Gasteiger partial charge in [0, 0.05) is 63.0 Å². The molecule has 4 aliphatic rings. The zero-order valence-electron chi connectivity index (χ0n) is 25.3. The molecule has 3 aromatic rings. The number of nitrogens with zero attached hydrogens (tertiary/aromatic N) is 6. The SMILES string of the molecule is CN1C(=O)C2(CCC2)c2c1cnc1ccc(-c3cnc(N4CCC(N5CCCCC5)CC4)c(NS(=O)(=O)N(C)C)c3)cc21. The zero-order chi connectivity index (χ0) is 29.9. The normalized spacial score (nSPS) is 21.1. The van der Waals surface area contributed by atoms with Crippen LogP contribution < -0.4 is 14.5 Å². The molecule has 2 aromatic heterocycles. The van der Waals surface area contributed by atoms with E-state index in [1.165, 1.54) is 50.8 Å². The Morgan fingerprint density at radius 1 is 0.930 bits per heavy atom. The highest BCUT2D eigenvalue weighted by atomic mass is 32.2. The summed E-state index contributed by atoms with van der Waals surface area (Å²) < 4.78 is 30.1. The molecule has 3 fully saturated rings. The number of amides is 1. The lowest BCUT2D eigenvalue weighted by atomic mass is 9.64. The van der Waals surface area contributed by atoms with Crippen molar-refractivity contribution in [2.24, 2.45) is 0 Å². The largest absolute Gasteiger partial charge is 0.355 e. The number of carbonyl (C=O) groups is 1. The molecule has 11 heteroatoms. The van der Waals surface area contributed by atoms with E-state index in [4.69, 9.17) is 4.98 Å². The summed E-state index contributed by atoms with van der Waals surface area (Å²) >= 11 is 0. The summed E-state index contributed by atoms with van der Waals surface area (Å²) in [6.07, 6.45) is 12.4. The van der Waals surface area contributed by atoms with Crippen LogP contribution in [0.15, 0.2) is 36.7 Å². The molecule has 1 aromatic carbocycles. The number of piperidine rings is 2. The molecule has 3 aliphatic heterocycles. The monoisotopic (exact) mass is 603 g/mol. The van der Waals surface area contributed by atoms with Gasteiger partial charge in [0.05, 0.1) is 28.5 Å². The minimum absolute atomic E-state index is 0.156. The van der Waals surface area contributed by atoms with Gasteiger partial charge >= 0.3 is 10.2 Å². The summed E-state index contributed by atoms with van der Waals surface area (Å²) in [4.78, 5) is 29.5. The van der Waals surface area contributed by atoms with Crippen molar-refractivity contribution in [3.63, 3.8) is 0 Å². The predicted octanol–water partition coefficient (Wildman–Crippen LogP) is 4.37. The van der Waals surface area contributed by atoms with Crippen molar-refractivity contribution in [3.05, 3.63) is 42.2 Å². The maximum Gasteiger partial charge on any atom is 0.301 e. The van der Waals surface area contributed by atoms with E-state index < -0.39 is 15.6 Å². The Hall–Kier alpha value is -3.28. The number of pyridine rings is 2. The Kier molecular flexibility index (Phi) is 7.10. The smallest absolute Gasteiger partial charge is 0.301 e. The number of likely N-dealkylation sites (tertiary alicyclic amines) is 1. The number of benzene rings is 1. The third-order valence-electron chi connectivity index (χ3n) is 10.2. The first-order valence-electron chi connectivity index (χ1n) is 15.6. The molecule has 1 N–H and O–H groups in total. The fourth-order valence-corrected chi connectivity index (χ4v) is 8.16. The molecule has 43 heavy (non-hydrogen) atoms. The van der Waals surface area contributed by atoms with Gasteiger partial charge in [-0.1, -0.05) is 18.9 Å². The van der Waals surface area contributed by atoms with Crippen LogP contribution in [0.1, 0.15) is 56.9 Å². The van der Waals surface area contributed by atoms with Gasteiger partial charge in [-0.15, -0.1) is 0 Å². The molecule has 5 heterocycles. The number of hydrogen-bond acceptors (Lipinski definition) is 7. The molecule has 7 rings (SSSR count). The van der Waals surface area contributed by atoms with Crippen molar-refractivity contribution >= 4 is 44.2 Å². The van der Waals surface area contributed by atoms with Crippen molar-refractivity contribution in [2.45, 2.75) is 62.8 Å². The van der Waals surface area contributed by atoms with Gasteiger partial charge in [-0.25, -0.2) is 4.98 Å². The van der Waals surface area contributed by atoms with Crippen LogP contribution in [0.25, 0.3) is 22.0 Å². The Morgan fingerprint density at radius 3 is 2.35 bits per heavy atom. The lowest BCUT2D eigenvalue weighted by Gasteiger charge is -2.41. The Bertz CT molecular complexity index is 1670. The number of nitrogens with one attached hydrogen (secondary N) is 1. The fourth-order valence-electron chi connectivity index (χ4n) is 7.55. The average Bonchev–Trinajstić information content (AvgIpc) is 3.24. The molecule has 0 bridgehead atoms. The Balaban J connectivity index is 1.25. The quantitative estimate of drug-likeness (QED) is 0.447. The first kappa shape index (κ1) is 28.5. The first-order valence-corrected chi connectivity index (χ1v) is 17.0. The van der Waals surface area contributed by atoms with Crippen LogP contribution in [0.4, 0.5) is 17.2 Å². The summed E-state index contributed by atoms with van der Waals surface area (Å²) in [5, 5.41) is 0.978. The number of hydrogen-bond donors (Lipinski definition) is 1. The summed E-state index contributed by atoms with van der Waals surface area (Å²) in [5.74, 6) is 0.819. The Labute approximate surface area is 254 Å². The topological polar surface area (TPSA) is 102 Å². The van der Waals surface area contributed by atoms with Crippen LogP contribution >= 0.6 is 0 Å². The summed E-state index contributed by atoms with van der Waals surface area (Å²) in [7, 11) is 1.14. The van der Waals surface area contributed by atoms with Crippen molar-refractivity contribution in [1.82, 2.24) is 19.2 Å². The number of likely N-dealkylation sites (N-methyl/N-ethyl adjacent to an activating group) is 1. The second-order valence-corrected chi connectivity index (χ2v) is 14.7. The van der Waals surface area contributed by atoms with Crippen LogP contribution in [0, 0.1) is 0 Å². The lowest BCUT2D eigenvalue weighted by molar-refractivity contribution is -0.125. The number of carbonyl (C=O) groups excluding carboxylic acids is 1. The predicted molar refractivity (Wildman–Crippen MR) is 171 cm³/mol. The van der Waals surface area contributed by atoms with E-state index in [1.54, 1.807) is 4.90 Å². The van der Waals surface area contributed by atoms with Gasteiger partial charge in [-0.2, -0.15) is 12.7 Å². The van der Waals surface area contributed by atoms with Crippen LogP contribution in [0.2, 0.25) is 0 Å². The van der Waals surface area contributed by atoms with E-state index in [2.05, 4.69) is 25.6 Å². The lowest BCUT2D eigenvalue weighted by Crippen LogP contribution is -2.47. The molecule has 1 amide bonds. The number of fused-ring (bicyclic) bond motifs is 4.